The first-order valence-electron chi connectivity index (χ1n) is 8.40. The number of hydrogen-bond acceptors (Lipinski definition) is 6. The molecular weight excluding hydrogens is 442 g/mol. The van der Waals surface area contributed by atoms with E-state index in [0.29, 0.717) is 28.1 Å². The fourth-order valence-electron chi connectivity index (χ4n) is 3.13. The molecule has 0 saturated carbocycles. The Balaban J connectivity index is 1.51. The van der Waals surface area contributed by atoms with E-state index in [1.165, 1.54) is 13.2 Å². The number of carbonyl (C=O) groups excluding carboxylic acids is 1. The molecule has 0 amide bonds. The Morgan fingerprint density at radius 3 is 2.89 bits per heavy atom. The molecule has 0 bridgehead atoms. The molecule has 2 aliphatic rings. The maximum atomic E-state index is 13.3. The molecule has 9 heteroatoms. The van der Waals surface area contributed by atoms with Gasteiger partial charge < -0.3 is 23.7 Å². The van der Waals surface area contributed by atoms with Crippen molar-refractivity contribution in [1.82, 2.24) is 0 Å². The molecule has 6 nitrogen and oxygen atoms in total. The molecule has 2 aromatic rings. The molecule has 2 aromatic carbocycles. The van der Waals surface area contributed by atoms with Crippen LogP contribution in [-0.4, -0.2) is 26.0 Å². The topological polar surface area (TPSA) is 63.2 Å². The Morgan fingerprint density at radius 1 is 1.29 bits per heavy atom. The van der Waals surface area contributed by atoms with E-state index >= 15 is 0 Å². The van der Waals surface area contributed by atoms with Crippen LogP contribution in [0, 0.1) is 0 Å². The standard InChI is InChI=1S/C19H15BrF2O6/c1-24-17(23)5-11-9-25-15-7-16(13(20)6-12(11)15)26-8-10-3-2-4-14-18(10)28-19(21,22)27-14/h2-4,6-7,11H,5,8-9H2,1H3. The monoisotopic (exact) mass is 456 g/mol. The van der Waals surface area contributed by atoms with Crippen molar-refractivity contribution in [3.05, 3.63) is 45.9 Å². The number of halogens is 3. The lowest BCUT2D eigenvalue weighted by Gasteiger charge is -2.12. The van der Waals surface area contributed by atoms with Gasteiger partial charge in [0.1, 0.15) is 18.1 Å². The molecule has 1 unspecified atom stereocenters. The number of methoxy groups -OCH3 is 1. The van der Waals surface area contributed by atoms with E-state index in [-0.39, 0.29) is 36.4 Å². The first-order chi connectivity index (χ1) is 13.4. The number of fused-ring (bicyclic) bond motifs is 2. The summed E-state index contributed by atoms with van der Waals surface area (Å²) in [5.74, 6) is 0.595. The van der Waals surface area contributed by atoms with E-state index in [0.717, 1.165) is 5.56 Å². The van der Waals surface area contributed by atoms with Gasteiger partial charge in [-0.3, -0.25) is 4.79 Å². The lowest BCUT2D eigenvalue weighted by Crippen LogP contribution is -2.26. The van der Waals surface area contributed by atoms with Gasteiger partial charge in [0, 0.05) is 23.1 Å². The number of rotatable bonds is 5. The number of hydrogen-bond donors (Lipinski definition) is 0. The number of carbonyl (C=O) groups is 1. The summed E-state index contributed by atoms with van der Waals surface area (Å²) in [5, 5.41) is 0. The maximum absolute atomic E-state index is 13.3. The summed E-state index contributed by atoms with van der Waals surface area (Å²) in [6.07, 6.45) is -3.47. The maximum Gasteiger partial charge on any atom is 0.586 e. The van der Waals surface area contributed by atoms with E-state index in [1.807, 2.05) is 6.07 Å². The summed E-state index contributed by atoms with van der Waals surface area (Å²) >= 11 is 3.44. The Kier molecular flexibility index (Phi) is 4.78. The molecule has 0 radical (unpaired) electrons. The largest absolute Gasteiger partial charge is 0.586 e. The molecule has 148 valence electrons. The van der Waals surface area contributed by atoms with Crippen molar-refractivity contribution in [3.8, 4) is 23.0 Å². The molecule has 0 aliphatic carbocycles. The minimum absolute atomic E-state index is 0.00834. The van der Waals surface area contributed by atoms with Gasteiger partial charge in [0.15, 0.2) is 11.5 Å². The van der Waals surface area contributed by atoms with Gasteiger partial charge in [-0.2, -0.15) is 0 Å². The number of ether oxygens (including phenoxy) is 5. The summed E-state index contributed by atoms with van der Waals surface area (Å²) in [5.41, 5.74) is 1.30. The zero-order valence-electron chi connectivity index (χ0n) is 14.7. The highest BCUT2D eigenvalue weighted by Crippen LogP contribution is 2.45. The predicted molar refractivity (Wildman–Crippen MR) is 96.0 cm³/mol. The van der Waals surface area contributed by atoms with Crippen LogP contribution >= 0.6 is 15.9 Å². The molecule has 4 rings (SSSR count). The third-order valence-corrected chi connectivity index (χ3v) is 5.10. The molecule has 0 N–H and O–H groups in total. The molecule has 0 aromatic heterocycles. The van der Waals surface area contributed by atoms with Crippen LogP contribution in [0.25, 0.3) is 0 Å². The number of alkyl halides is 2. The quantitative estimate of drug-likeness (QED) is 0.621. The van der Waals surface area contributed by atoms with Crippen molar-refractivity contribution in [1.29, 1.82) is 0 Å². The summed E-state index contributed by atoms with van der Waals surface area (Å²) in [4.78, 5) is 11.5. The van der Waals surface area contributed by atoms with Crippen molar-refractivity contribution in [2.24, 2.45) is 0 Å². The minimum atomic E-state index is -3.69. The highest BCUT2D eigenvalue weighted by Gasteiger charge is 2.44. The SMILES string of the molecule is COC(=O)CC1COc2cc(OCc3cccc4c3OC(F)(F)O4)c(Br)cc21. The zero-order valence-corrected chi connectivity index (χ0v) is 16.3. The van der Waals surface area contributed by atoms with E-state index in [2.05, 4.69) is 25.4 Å². The average Bonchev–Trinajstić information content (AvgIpc) is 3.18. The van der Waals surface area contributed by atoms with E-state index < -0.39 is 6.29 Å². The van der Waals surface area contributed by atoms with Gasteiger partial charge in [0.25, 0.3) is 0 Å². The van der Waals surface area contributed by atoms with Crippen LogP contribution in [-0.2, 0) is 16.1 Å². The van der Waals surface area contributed by atoms with Crippen LogP contribution in [0.5, 0.6) is 23.0 Å². The fourth-order valence-corrected chi connectivity index (χ4v) is 3.61. The smallest absolute Gasteiger partial charge is 0.492 e. The lowest BCUT2D eigenvalue weighted by atomic mass is 9.98. The van der Waals surface area contributed by atoms with E-state index in [1.54, 1.807) is 18.2 Å². The van der Waals surface area contributed by atoms with Gasteiger partial charge in [-0.25, -0.2) is 0 Å². The van der Waals surface area contributed by atoms with Gasteiger partial charge in [-0.05, 0) is 28.1 Å². The van der Waals surface area contributed by atoms with Crippen molar-refractivity contribution in [3.63, 3.8) is 0 Å². The highest BCUT2D eigenvalue weighted by atomic mass is 79.9. The third-order valence-electron chi connectivity index (χ3n) is 4.48. The Labute approximate surface area is 167 Å². The normalized spacial score (nSPS) is 18.4. The van der Waals surface area contributed by atoms with Gasteiger partial charge in [0.05, 0.1) is 24.6 Å². The zero-order chi connectivity index (χ0) is 19.9. The molecule has 0 fully saturated rings. The van der Waals surface area contributed by atoms with Crippen molar-refractivity contribution in [2.75, 3.05) is 13.7 Å². The second kappa shape index (κ2) is 7.12. The molecule has 0 spiro atoms. The van der Waals surface area contributed by atoms with Crippen LogP contribution in [0.15, 0.2) is 34.8 Å². The third kappa shape index (κ3) is 3.58. The first-order valence-corrected chi connectivity index (χ1v) is 9.19. The summed E-state index contributed by atoms with van der Waals surface area (Å²) in [6, 6.07) is 8.13. The van der Waals surface area contributed by atoms with Crippen LogP contribution in [0.1, 0.15) is 23.5 Å². The summed E-state index contributed by atoms with van der Waals surface area (Å²) in [6.45, 7) is 0.359. The second-order valence-electron chi connectivity index (χ2n) is 6.31. The van der Waals surface area contributed by atoms with Crippen LogP contribution in [0.3, 0.4) is 0 Å². The Morgan fingerprint density at radius 2 is 2.11 bits per heavy atom. The first kappa shape index (κ1) is 18.8. The Bertz CT molecular complexity index is 933. The molecule has 2 heterocycles. The van der Waals surface area contributed by atoms with Gasteiger partial charge >= 0.3 is 12.3 Å². The molecule has 0 saturated heterocycles. The summed E-state index contributed by atoms with van der Waals surface area (Å²) in [7, 11) is 1.34. The van der Waals surface area contributed by atoms with Gasteiger partial charge in [-0.15, -0.1) is 8.78 Å². The van der Waals surface area contributed by atoms with Crippen LogP contribution in [0.2, 0.25) is 0 Å². The summed E-state index contributed by atoms with van der Waals surface area (Å²) < 4.78 is 52.4. The van der Waals surface area contributed by atoms with Crippen molar-refractivity contribution < 1.29 is 37.3 Å². The molecule has 28 heavy (non-hydrogen) atoms. The van der Waals surface area contributed by atoms with Gasteiger partial charge in [-0.1, -0.05) is 12.1 Å². The number of esters is 1. The number of para-hydroxylation sites is 1. The predicted octanol–water partition coefficient (Wildman–Crippen LogP) is 4.39. The van der Waals surface area contributed by atoms with E-state index in [9.17, 15) is 13.6 Å². The lowest BCUT2D eigenvalue weighted by molar-refractivity contribution is -0.287. The fraction of sp³-hybridized carbons (Fsp3) is 0.316. The molecule has 1 atom stereocenters. The van der Waals surface area contributed by atoms with Crippen molar-refractivity contribution in [2.45, 2.75) is 25.2 Å². The highest BCUT2D eigenvalue weighted by molar-refractivity contribution is 9.10. The second-order valence-corrected chi connectivity index (χ2v) is 7.16. The minimum Gasteiger partial charge on any atom is -0.492 e. The van der Waals surface area contributed by atoms with Crippen LogP contribution < -0.4 is 18.9 Å². The molecule has 2 aliphatic heterocycles. The van der Waals surface area contributed by atoms with Crippen LogP contribution in [0.4, 0.5) is 8.78 Å². The average molecular weight is 457 g/mol. The number of benzene rings is 2. The van der Waals surface area contributed by atoms with Crippen molar-refractivity contribution >= 4 is 21.9 Å². The van der Waals surface area contributed by atoms with Gasteiger partial charge in [0.2, 0.25) is 0 Å². The molecular formula is C19H15BrF2O6. The Hall–Kier alpha value is -2.55. The van der Waals surface area contributed by atoms with E-state index in [4.69, 9.17) is 14.2 Å².